The highest BCUT2D eigenvalue weighted by Gasteiger charge is 2.51. The summed E-state index contributed by atoms with van der Waals surface area (Å²) in [6, 6.07) is 7.86. The van der Waals surface area contributed by atoms with Crippen LogP contribution in [0.3, 0.4) is 0 Å². The van der Waals surface area contributed by atoms with Crippen LogP contribution in [0.4, 0.5) is 0 Å². The van der Waals surface area contributed by atoms with Gasteiger partial charge in [-0.15, -0.1) is 11.8 Å². The van der Waals surface area contributed by atoms with Gasteiger partial charge in [0.15, 0.2) is 0 Å². The van der Waals surface area contributed by atoms with Gasteiger partial charge in [0.25, 0.3) is 0 Å². The van der Waals surface area contributed by atoms with Crippen molar-refractivity contribution in [3.05, 3.63) is 28.7 Å². The molecule has 0 spiro atoms. The summed E-state index contributed by atoms with van der Waals surface area (Å²) in [7, 11) is 0. The summed E-state index contributed by atoms with van der Waals surface area (Å²) in [6.45, 7) is 4.33. The maximum Gasteiger partial charge on any atom is 0.320 e. The molecule has 1 aromatic rings. The molecule has 0 atom stereocenters. The number of benzene rings is 1. The minimum Gasteiger partial charge on any atom is -0.480 e. The van der Waals surface area contributed by atoms with Gasteiger partial charge in [-0.3, -0.25) is 4.79 Å². The van der Waals surface area contributed by atoms with Crippen LogP contribution in [0.5, 0.6) is 0 Å². The molecule has 0 aliphatic heterocycles. The number of carboxylic acids is 1. The van der Waals surface area contributed by atoms with E-state index in [4.69, 9.17) is 0 Å². The van der Waals surface area contributed by atoms with Crippen LogP contribution >= 0.6 is 27.7 Å². The van der Waals surface area contributed by atoms with E-state index in [0.29, 0.717) is 11.8 Å². The van der Waals surface area contributed by atoms with Crippen LogP contribution in [0.2, 0.25) is 0 Å². The van der Waals surface area contributed by atoms with Crippen molar-refractivity contribution in [1.82, 2.24) is 0 Å². The van der Waals surface area contributed by atoms with Gasteiger partial charge in [-0.25, -0.2) is 0 Å². The number of carboxylic acid groups (broad SMARTS) is 1. The third-order valence-electron chi connectivity index (χ3n) is 3.64. The molecule has 1 saturated carbocycles. The van der Waals surface area contributed by atoms with Gasteiger partial charge < -0.3 is 5.11 Å². The molecule has 2 rings (SSSR count). The Bertz CT molecular complexity index is 436. The maximum atomic E-state index is 11.5. The standard InChI is InChI=1S/C14H17BrO2S/c1-9(2)10-7-14(8-10,13(16)17)18-12-5-3-11(15)4-6-12/h3-6,9-10H,7-8H2,1-2H3,(H,16,17). The van der Waals surface area contributed by atoms with E-state index in [0.717, 1.165) is 22.2 Å². The summed E-state index contributed by atoms with van der Waals surface area (Å²) in [5, 5.41) is 9.47. The van der Waals surface area contributed by atoms with Crippen molar-refractivity contribution < 1.29 is 9.90 Å². The largest absolute Gasteiger partial charge is 0.480 e. The van der Waals surface area contributed by atoms with Gasteiger partial charge in [0.1, 0.15) is 4.75 Å². The zero-order valence-electron chi connectivity index (χ0n) is 10.5. The lowest BCUT2D eigenvalue weighted by Gasteiger charge is -2.45. The predicted molar refractivity (Wildman–Crippen MR) is 77.9 cm³/mol. The molecular formula is C14H17BrO2S. The molecule has 0 saturated heterocycles. The summed E-state index contributed by atoms with van der Waals surface area (Å²) in [4.78, 5) is 12.5. The van der Waals surface area contributed by atoms with Gasteiger partial charge in [-0.05, 0) is 48.9 Å². The number of hydrogen-bond acceptors (Lipinski definition) is 2. The molecule has 2 nitrogen and oxygen atoms in total. The van der Waals surface area contributed by atoms with Crippen molar-refractivity contribution in [3.8, 4) is 0 Å². The highest BCUT2D eigenvalue weighted by molar-refractivity contribution is 9.10. The predicted octanol–water partition coefficient (Wildman–Crippen LogP) is 4.43. The van der Waals surface area contributed by atoms with E-state index >= 15 is 0 Å². The first kappa shape index (κ1) is 13.9. The van der Waals surface area contributed by atoms with Crippen molar-refractivity contribution in [2.24, 2.45) is 11.8 Å². The first-order chi connectivity index (χ1) is 8.43. The van der Waals surface area contributed by atoms with Crippen LogP contribution in [-0.2, 0) is 4.79 Å². The molecule has 0 aromatic heterocycles. The van der Waals surface area contributed by atoms with Crippen LogP contribution in [0.15, 0.2) is 33.6 Å². The smallest absolute Gasteiger partial charge is 0.320 e. The molecule has 98 valence electrons. The first-order valence-corrected chi connectivity index (χ1v) is 7.72. The van der Waals surface area contributed by atoms with E-state index in [-0.39, 0.29) is 0 Å². The molecule has 1 aromatic carbocycles. The summed E-state index contributed by atoms with van der Waals surface area (Å²) in [6.07, 6.45) is 1.56. The average Bonchev–Trinajstić information content (AvgIpc) is 2.24. The van der Waals surface area contributed by atoms with Crippen LogP contribution in [-0.4, -0.2) is 15.8 Å². The Morgan fingerprint density at radius 1 is 1.39 bits per heavy atom. The fourth-order valence-corrected chi connectivity index (χ4v) is 3.96. The Hall–Kier alpha value is -0.480. The molecule has 0 heterocycles. The molecule has 18 heavy (non-hydrogen) atoms. The molecule has 0 amide bonds. The van der Waals surface area contributed by atoms with Crippen molar-refractivity contribution >= 4 is 33.7 Å². The van der Waals surface area contributed by atoms with Crippen LogP contribution in [0.25, 0.3) is 0 Å². The Morgan fingerprint density at radius 3 is 2.39 bits per heavy atom. The van der Waals surface area contributed by atoms with Crippen molar-refractivity contribution in [1.29, 1.82) is 0 Å². The molecule has 1 fully saturated rings. The Labute approximate surface area is 120 Å². The summed E-state index contributed by atoms with van der Waals surface area (Å²) in [5.41, 5.74) is 0. The third-order valence-corrected chi connectivity index (χ3v) is 5.58. The lowest BCUT2D eigenvalue weighted by atomic mass is 9.69. The SMILES string of the molecule is CC(C)C1CC(Sc2ccc(Br)cc2)(C(=O)O)C1. The Morgan fingerprint density at radius 2 is 1.94 bits per heavy atom. The number of aliphatic carboxylic acids is 1. The number of rotatable bonds is 4. The van der Waals surface area contributed by atoms with Crippen LogP contribution in [0.1, 0.15) is 26.7 Å². The maximum absolute atomic E-state index is 11.5. The molecule has 4 heteroatoms. The van der Waals surface area contributed by atoms with Gasteiger partial charge in [-0.1, -0.05) is 29.8 Å². The Kier molecular flexibility index (Phi) is 4.07. The van der Waals surface area contributed by atoms with E-state index < -0.39 is 10.7 Å². The van der Waals surface area contributed by atoms with Crippen molar-refractivity contribution in [3.63, 3.8) is 0 Å². The lowest BCUT2D eigenvalue weighted by Crippen LogP contribution is -2.49. The highest BCUT2D eigenvalue weighted by atomic mass is 79.9. The van der Waals surface area contributed by atoms with Gasteiger partial charge in [0, 0.05) is 9.37 Å². The molecule has 1 aliphatic rings. The molecular weight excluding hydrogens is 312 g/mol. The summed E-state index contributed by atoms with van der Waals surface area (Å²) in [5.74, 6) is 0.444. The molecule has 1 N–H and O–H groups in total. The zero-order chi connectivity index (χ0) is 13.3. The molecule has 0 radical (unpaired) electrons. The number of carbonyl (C=O) groups is 1. The second-order valence-electron chi connectivity index (χ2n) is 5.27. The normalized spacial score (nSPS) is 27.0. The summed E-state index contributed by atoms with van der Waals surface area (Å²) < 4.78 is 0.410. The zero-order valence-corrected chi connectivity index (χ0v) is 12.9. The molecule has 0 unspecified atom stereocenters. The van der Waals surface area contributed by atoms with Crippen LogP contribution in [0, 0.1) is 11.8 Å². The second kappa shape index (κ2) is 5.25. The van der Waals surface area contributed by atoms with Crippen LogP contribution < -0.4 is 0 Å². The van der Waals surface area contributed by atoms with E-state index in [2.05, 4.69) is 29.8 Å². The van der Waals surface area contributed by atoms with E-state index in [1.807, 2.05) is 24.3 Å². The van der Waals surface area contributed by atoms with E-state index in [1.54, 1.807) is 0 Å². The molecule has 0 bridgehead atoms. The first-order valence-electron chi connectivity index (χ1n) is 6.11. The average molecular weight is 329 g/mol. The number of thioether (sulfide) groups is 1. The lowest BCUT2D eigenvalue weighted by molar-refractivity contribution is -0.144. The summed E-state index contributed by atoms with van der Waals surface area (Å²) >= 11 is 4.88. The van der Waals surface area contributed by atoms with Crippen molar-refractivity contribution in [2.45, 2.75) is 36.3 Å². The Balaban J connectivity index is 2.09. The van der Waals surface area contributed by atoms with E-state index in [1.165, 1.54) is 11.8 Å². The highest BCUT2D eigenvalue weighted by Crippen LogP contribution is 2.53. The van der Waals surface area contributed by atoms with Gasteiger partial charge >= 0.3 is 5.97 Å². The fraction of sp³-hybridized carbons (Fsp3) is 0.500. The number of halogens is 1. The fourth-order valence-electron chi connectivity index (χ4n) is 2.29. The quantitative estimate of drug-likeness (QED) is 0.888. The van der Waals surface area contributed by atoms with Crippen molar-refractivity contribution in [2.75, 3.05) is 0 Å². The van der Waals surface area contributed by atoms with E-state index in [9.17, 15) is 9.90 Å². The second-order valence-corrected chi connectivity index (χ2v) is 7.64. The van der Waals surface area contributed by atoms with Gasteiger partial charge in [-0.2, -0.15) is 0 Å². The topological polar surface area (TPSA) is 37.3 Å². The monoisotopic (exact) mass is 328 g/mol. The number of hydrogen-bond donors (Lipinski definition) is 1. The minimum absolute atomic E-state index is 0.545. The third kappa shape index (κ3) is 2.75. The molecule has 1 aliphatic carbocycles. The van der Waals surface area contributed by atoms with Gasteiger partial charge in [0.2, 0.25) is 0 Å². The van der Waals surface area contributed by atoms with Gasteiger partial charge in [0.05, 0.1) is 0 Å². The minimum atomic E-state index is -0.674.